The van der Waals surface area contributed by atoms with Crippen LogP contribution in [-0.2, 0) is 28.9 Å². The minimum Gasteiger partial charge on any atom is -0.360 e. The Balaban J connectivity index is 1.65. The predicted octanol–water partition coefficient (Wildman–Crippen LogP) is 6.35. The van der Waals surface area contributed by atoms with Gasteiger partial charge in [-0.1, -0.05) is 39.8 Å². The van der Waals surface area contributed by atoms with Crippen LogP contribution < -0.4 is 9.58 Å². The van der Waals surface area contributed by atoms with Gasteiger partial charge in [0.2, 0.25) is 0 Å². The number of carbonyl (C=O) groups is 1. The molecule has 1 aliphatic heterocycles. The lowest BCUT2D eigenvalue weighted by Crippen LogP contribution is -2.56. The highest BCUT2D eigenvalue weighted by Crippen LogP contribution is 2.44. The second-order valence-corrected chi connectivity index (χ2v) is 12.0. The van der Waals surface area contributed by atoms with Crippen LogP contribution in [-0.4, -0.2) is 32.6 Å². The van der Waals surface area contributed by atoms with E-state index >= 15 is 0 Å². The van der Waals surface area contributed by atoms with Gasteiger partial charge in [-0.05, 0) is 68.9 Å². The van der Waals surface area contributed by atoms with Crippen LogP contribution in [0.25, 0.3) is 21.3 Å². The third-order valence-corrected chi connectivity index (χ3v) is 7.87. The van der Waals surface area contributed by atoms with Gasteiger partial charge in [-0.2, -0.15) is 4.68 Å². The Bertz CT molecular complexity index is 1560. The largest absolute Gasteiger partial charge is 0.585 e. The van der Waals surface area contributed by atoms with Crippen molar-refractivity contribution in [3.05, 3.63) is 58.6 Å². The SMILES string of the molecule is CC(=O)[C@@H](OC(C)(C)C)c1c(C)cc2nc(N3CCn4c(nc[n+]4C(F)(F)F)C3)sc2c1-c1ccc(Cl)cc1. The van der Waals surface area contributed by atoms with Crippen molar-refractivity contribution < 1.29 is 27.4 Å². The first-order valence-electron chi connectivity index (χ1n) is 12.4. The highest BCUT2D eigenvalue weighted by molar-refractivity contribution is 7.22. The summed E-state index contributed by atoms with van der Waals surface area (Å²) in [4.78, 5) is 23.7. The number of halogens is 4. The molecule has 0 radical (unpaired) electrons. The molecule has 0 N–H and O–H groups in total. The zero-order valence-corrected chi connectivity index (χ0v) is 23.7. The van der Waals surface area contributed by atoms with Crippen molar-refractivity contribution in [1.29, 1.82) is 0 Å². The number of ether oxygens (including phenoxy) is 1. The Labute approximate surface area is 232 Å². The predicted molar refractivity (Wildman–Crippen MR) is 144 cm³/mol. The van der Waals surface area contributed by atoms with E-state index in [9.17, 15) is 18.0 Å². The fourth-order valence-electron chi connectivity index (χ4n) is 4.84. The second-order valence-electron chi connectivity index (χ2n) is 10.6. The van der Waals surface area contributed by atoms with Crippen LogP contribution >= 0.6 is 22.9 Å². The lowest BCUT2D eigenvalue weighted by molar-refractivity contribution is -0.912. The van der Waals surface area contributed by atoms with Gasteiger partial charge in [0.05, 0.1) is 22.4 Å². The van der Waals surface area contributed by atoms with Crippen LogP contribution in [0.3, 0.4) is 0 Å². The quantitative estimate of drug-likeness (QED) is 0.258. The molecule has 0 fully saturated rings. The number of rotatable bonds is 5. The number of hydrogen-bond acceptors (Lipinski definition) is 6. The number of thiazole rings is 1. The number of hydrogen-bond donors (Lipinski definition) is 0. The van der Waals surface area contributed by atoms with Crippen molar-refractivity contribution in [2.75, 3.05) is 11.4 Å². The Morgan fingerprint density at radius 3 is 2.49 bits per heavy atom. The topological polar surface area (TPSA) is 64.1 Å². The maximum Gasteiger partial charge on any atom is 0.585 e. The summed E-state index contributed by atoms with van der Waals surface area (Å²) in [5.41, 5.74) is 3.48. The monoisotopic (exact) mass is 578 g/mol. The molecule has 2 aromatic heterocycles. The average molecular weight is 579 g/mol. The molecular weight excluding hydrogens is 551 g/mol. The maximum absolute atomic E-state index is 13.3. The molecule has 2 aromatic carbocycles. The molecule has 1 atom stereocenters. The molecule has 0 saturated carbocycles. The van der Waals surface area contributed by atoms with Gasteiger partial charge in [0.15, 0.2) is 10.9 Å². The van der Waals surface area contributed by atoms with Crippen molar-refractivity contribution in [3.63, 3.8) is 0 Å². The summed E-state index contributed by atoms with van der Waals surface area (Å²) in [5.74, 6) is 0.191. The first-order chi connectivity index (χ1) is 18.2. The van der Waals surface area contributed by atoms with Gasteiger partial charge in [0, 0.05) is 22.7 Å². The van der Waals surface area contributed by atoms with Crippen LogP contribution in [0.5, 0.6) is 0 Å². The number of benzene rings is 2. The zero-order valence-electron chi connectivity index (χ0n) is 22.1. The fourth-order valence-corrected chi connectivity index (χ4v) is 6.12. The maximum atomic E-state index is 13.3. The highest BCUT2D eigenvalue weighted by Gasteiger charge is 2.43. The number of alkyl halides is 3. The molecule has 0 saturated heterocycles. The Hall–Kier alpha value is -3.02. The molecule has 0 aliphatic carbocycles. The first-order valence-corrected chi connectivity index (χ1v) is 13.6. The first kappa shape index (κ1) is 27.5. The lowest BCUT2D eigenvalue weighted by atomic mass is 9.90. The summed E-state index contributed by atoms with van der Waals surface area (Å²) in [5, 5.41) is 1.25. The number of nitrogens with zero attached hydrogens (tertiary/aromatic N) is 5. The van der Waals surface area contributed by atoms with Gasteiger partial charge >= 0.3 is 12.6 Å². The van der Waals surface area contributed by atoms with E-state index in [-0.39, 0.29) is 23.6 Å². The van der Waals surface area contributed by atoms with E-state index in [0.29, 0.717) is 22.5 Å². The van der Waals surface area contributed by atoms with Crippen molar-refractivity contribution in [3.8, 4) is 11.1 Å². The number of ketones is 1. The van der Waals surface area contributed by atoms with Crippen molar-refractivity contribution in [2.45, 2.75) is 65.7 Å². The highest BCUT2D eigenvalue weighted by atomic mass is 35.5. The molecule has 7 nitrogen and oxygen atoms in total. The molecule has 206 valence electrons. The number of anilines is 1. The summed E-state index contributed by atoms with van der Waals surface area (Å²) in [6.45, 7) is 9.82. The zero-order chi connectivity index (χ0) is 28.3. The van der Waals surface area contributed by atoms with Crippen LogP contribution in [0.2, 0.25) is 5.02 Å². The molecule has 0 amide bonds. The smallest absolute Gasteiger partial charge is 0.360 e. The minimum absolute atomic E-state index is 0.116. The van der Waals surface area contributed by atoms with Gasteiger partial charge in [0.1, 0.15) is 12.6 Å². The molecule has 3 heterocycles. The standard InChI is InChI=1S/C27H28ClF3N5O2S/c1-15-12-19-24(39-25(33-19)34-10-11-35-20(13-34)32-14-36(35)27(29,30)31)22(17-6-8-18(28)9-7-17)21(15)23(16(2)37)38-26(3,4)5/h6-9,12,14,23H,10-11,13H2,1-5H3/q+1/t23-/m1/s1. The molecule has 12 heteroatoms. The third kappa shape index (κ3) is 5.39. The normalized spacial score (nSPS) is 15.1. The van der Waals surface area contributed by atoms with Crippen LogP contribution in [0.1, 0.15) is 50.8 Å². The van der Waals surface area contributed by atoms with Gasteiger partial charge < -0.3 is 9.64 Å². The van der Waals surface area contributed by atoms with E-state index in [1.807, 2.05) is 50.8 Å². The van der Waals surface area contributed by atoms with Gasteiger partial charge in [-0.25, -0.2) is 4.98 Å². The Kier molecular flexibility index (Phi) is 6.97. The third-order valence-electron chi connectivity index (χ3n) is 6.47. The van der Waals surface area contributed by atoms with E-state index in [0.717, 1.165) is 43.5 Å². The molecular formula is C27H28ClF3N5O2S+. The molecule has 0 bridgehead atoms. The Morgan fingerprint density at radius 1 is 1.18 bits per heavy atom. The van der Waals surface area contributed by atoms with Gasteiger partial charge in [-0.15, -0.1) is 13.2 Å². The summed E-state index contributed by atoms with van der Waals surface area (Å²) in [6, 6.07) is 9.34. The number of carbonyl (C=O) groups excluding carboxylic acids is 1. The van der Waals surface area contributed by atoms with Crippen molar-refractivity contribution in [2.24, 2.45) is 0 Å². The van der Waals surface area contributed by atoms with E-state index in [1.54, 1.807) is 12.1 Å². The average Bonchev–Trinajstić information content (AvgIpc) is 3.45. The van der Waals surface area contributed by atoms with Crippen LogP contribution in [0.15, 0.2) is 36.7 Å². The number of aryl methyl sites for hydroxylation is 1. The number of fused-ring (bicyclic) bond motifs is 2. The minimum atomic E-state index is -4.53. The van der Waals surface area contributed by atoms with Crippen LogP contribution in [0.4, 0.5) is 18.3 Å². The summed E-state index contributed by atoms with van der Waals surface area (Å²) in [6.07, 6.45) is -4.53. The van der Waals surface area contributed by atoms with Gasteiger partial charge in [-0.3, -0.25) is 4.79 Å². The number of Topliss-reactive ketones (excluding diaryl/α,β-unsaturated/α-hetero) is 1. The van der Waals surface area contributed by atoms with Crippen molar-refractivity contribution in [1.82, 2.24) is 14.6 Å². The van der Waals surface area contributed by atoms with E-state index in [2.05, 4.69) is 4.98 Å². The summed E-state index contributed by atoms with van der Waals surface area (Å²) in [7, 11) is 0. The molecule has 5 rings (SSSR count). The molecule has 0 unspecified atom stereocenters. The molecule has 39 heavy (non-hydrogen) atoms. The van der Waals surface area contributed by atoms with Gasteiger partial charge in [0.25, 0.3) is 5.82 Å². The summed E-state index contributed by atoms with van der Waals surface area (Å²) >= 11 is 7.63. The molecule has 0 spiro atoms. The Morgan fingerprint density at radius 2 is 1.87 bits per heavy atom. The molecule has 4 aromatic rings. The lowest BCUT2D eigenvalue weighted by Gasteiger charge is -2.29. The summed E-state index contributed by atoms with van der Waals surface area (Å²) < 4.78 is 48.5. The van der Waals surface area contributed by atoms with Crippen LogP contribution in [0, 0.1) is 6.92 Å². The van der Waals surface area contributed by atoms with Crippen molar-refractivity contribution >= 4 is 44.1 Å². The van der Waals surface area contributed by atoms with E-state index < -0.39 is 18.0 Å². The number of aromatic nitrogens is 4. The molecule has 1 aliphatic rings. The van der Waals surface area contributed by atoms with E-state index in [4.69, 9.17) is 21.3 Å². The second kappa shape index (κ2) is 9.87. The van der Waals surface area contributed by atoms with E-state index in [1.165, 1.54) is 18.3 Å². The fraction of sp³-hybridized carbons (Fsp3) is 0.407.